The van der Waals surface area contributed by atoms with Crippen LogP contribution in [0.15, 0.2) is 73.1 Å². The highest BCUT2D eigenvalue weighted by Gasteiger charge is 2.17. The number of pyridine rings is 1. The van der Waals surface area contributed by atoms with Gasteiger partial charge in [-0.3, -0.25) is 0 Å². The molecule has 106 valence electrons. The number of nitrogens with zero attached hydrogens (tertiary/aromatic N) is 1. The summed E-state index contributed by atoms with van der Waals surface area (Å²) in [5.41, 5.74) is 4.58. The van der Waals surface area contributed by atoms with E-state index in [0.717, 1.165) is 22.6 Å². The first-order valence-corrected chi connectivity index (χ1v) is 7.35. The molecule has 0 spiro atoms. The molecule has 22 heavy (non-hydrogen) atoms. The van der Waals surface area contributed by atoms with Crippen molar-refractivity contribution >= 4 is 11.6 Å². The first kappa shape index (κ1) is 12.8. The molecule has 0 aliphatic carbocycles. The molecule has 3 aromatic rings. The van der Waals surface area contributed by atoms with E-state index in [2.05, 4.69) is 48.8 Å². The Labute approximate surface area is 129 Å². The Morgan fingerprint density at radius 3 is 2.27 bits per heavy atom. The SMILES string of the molecule is C[n+]1ccc(C2=Cc3ccccc3Oc3ccccc32)cc1. The van der Waals surface area contributed by atoms with E-state index < -0.39 is 0 Å². The minimum absolute atomic E-state index is 0.895. The summed E-state index contributed by atoms with van der Waals surface area (Å²) in [5.74, 6) is 1.79. The van der Waals surface area contributed by atoms with Gasteiger partial charge in [-0.05, 0) is 29.3 Å². The Bertz CT molecular complexity index is 863. The molecule has 0 amide bonds. The average Bonchev–Trinajstić information content (AvgIpc) is 2.72. The van der Waals surface area contributed by atoms with Crippen LogP contribution in [-0.4, -0.2) is 0 Å². The predicted molar refractivity (Wildman–Crippen MR) is 87.5 cm³/mol. The van der Waals surface area contributed by atoms with Crippen LogP contribution < -0.4 is 9.30 Å². The van der Waals surface area contributed by atoms with E-state index in [1.807, 2.05) is 41.9 Å². The first-order valence-electron chi connectivity index (χ1n) is 7.35. The fourth-order valence-electron chi connectivity index (χ4n) is 2.74. The number of fused-ring (bicyclic) bond motifs is 2. The zero-order chi connectivity index (χ0) is 14.9. The van der Waals surface area contributed by atoms with Crippen LogP contribution in [0.4, 0.5) is 0 Å². The van der Waals surface area contributed by atoms with Gasteiger partial charge < -0.3 is 4.74 Å². The van der Waals surface area contributed by atoms with Crippen molar-refractivity contribution in [2.45, 2.75) is 0 Å². The quantitative estimate of drug-likeness (QED) is 0.478. The van der Waals surface area contributed by atoms with Crippen molar-refractivity contribution in [3.05, 3.63) is 89.7 Å². The van der Waals surface area contributed by atoms with Crippen LogP contribution in [0.25, 0.3) is 11.6 Å². The van der Waals surface area contributed by atoms with Crippen LogP contribution in [0.5, 0.6) is 11.5 Å². The zero-order valence-electron chi connectivity index (χ0n) is 12.4. The fourth-order valence-corrected chi connectivity index (χ4v) is 2.74. The Kier molecular flexibility index (Phi) is 3.01. The minimum atomic E-state index is 0.895. The number of aryl methyl sites for hydroxylation is 1. The summed E-state index contributed by atoms with van der Waals surface area (Å²) in [7, 11) is 2.03. The lowest BCUT2D eigenvalue weighted by Crippen LogP contribution is -2.25. The summed E-state index contributed by atoms with van der Waals surface area (Å²) < 4.78 is 8.16. The molecular weight excluding hydrogens is 270 g/mol. The second-order valence-electron chi connectivity index (χ2n) is 5.45. The summed E-state index contributed by atoms with van der Waals surface area (Å²) in [6, 6.07) is 20.6. The summed E-state index contributed by atoms with van der Waals surface area (Å²) in [6.45, 7) is 0. The van der Waals surface area contributed by atoms with E-state index in [1.165, 1.54) is 11.1 Å². The third-order valence-corrected chi connectivity index (χ3v) is 3.91. The molecule has 2 heteroatoms. The topological polar surface area (TPSA) is 13.1 Å². The molecule has 4 rings (SSSR count). The van der Waals surface area contributed by atoms with Gasteiger partial charge in [0.2, 0.25) is 0 Å². The van der Waals surface area contributed by atoms with Crippen molar-refractivity contribution in [2.24, 2.45) is 7.05 Å². The number of benzene rings is 2. The number of ether oxygens (including phenoxy) is 1. The molecule has 2 nitrogen and oxygen atoms in total. The zero-order valence-corrected chi connectivity index (χ0v) is 12.4. The first-order chi connectivity index (χ1) is 10.8. The normalized spacial score (nSPS) is 12.5. The largest absolute Gasteiger partial charge is 0.456 e. The number of hydrogen-bond acceptors (Lipinski definition) is 1. The van der Waals surface area contributed by atoms with Crippen molar-refractivity contribution in [2.75, 3.05) is 0 Å². The highest BCUT2D eigenvalue weighted by atomic mass is 16.5. The standard InChI is InChI=1S/C20H16NO/c1-21-12-10-15(11-13-21)18-14-16-6-2-4-8-19(16)22-20-9-5-3-7-17(18)20/h2-14H,1H3/q+1. The molecular formula is C20H16NO+. The number of aromatic nitrogens is 1. The summed E-state index contributed by atoms with van der Waals surface area (Å²) in [4.78, 5) is 0. The predicted octanol–water partition coefficient (Wildman–Crippen LogP) is 4.21. The monoisotopic (exact) mass is 286 g/mol. The second kappa shape index (κ2) is 5.15. The third kappa shape index (κ3) is 2.19. The van der Waals surface area contributed by atoms with Crippen LogP contribution in [0.1, 0.15) is 16.7 Å². The van der Waals surface area contributed by atoms with Crippen LogP contribution in [0.2, 0.25) is 0 Å². The average molecular weight is 286 g/mol. The second-order valence-corrected chi connectivity index (χ2v) is 5.45. The molecule has 1 aliphatic heterocycles. The number of rotatable bonds is 1. The fraction of sp³-hybridized carbons (Fsp3) is 0.0500. The Morgan fingerprint density at radius 1 is 0.773 bits per heavy atom. The lowest BCUT2D eigenvalue weighted by molar-refractivity contribution is -0.671. The molecule has 0 saturated carbocycles. The smallest absolute Gasteiger partial charge is 0.169 e. The van der Waals surface area contributed by atoms with Crippen LogP contribution in [-0.2, 0) is 7.05 Å². The molecule has 0 atom stereocenters. The molecule has 1 aromatic heterocycles. The Hall–Kier alpha value is -2.87. The van der Waals surface area contributed by atoms with Gasteiger partial charge in [0.1, 0.15) is 18.5 Å². The maximum Gasteiger partial charge on any atom is 0.169 e. The van der Waals surface area contributed by atoms with Gasteiger partial charge in [0.15, 0.2) is 12.4 Å². The van der Waals surface area contributed by atoms with Crippen LogP contribution in [0.3, 0.4) is 0 Å². The van der Waals surface area contributed by atoms with Gasteiger partial charge in [0, 0.05) is 23.3 Å². The van der Waals surface area contributed by atoms with E-state index >= 15 is 0 Å². The minimum Gasteiger partial charge on any atom is -0.456 e. The van der Waals surface area contributed by atoms with Gasteiger partial charge in [-0.25, -0.2) is 4.57 Å². The lowest BCUT2D eigenvalue weighted by Gasteiger charge is -2.10. The summed E-state index contributed by atoms with van der Waals surface area (Å²) in [5, 5.41) is 0. The molecule has 1 aliphatic rings. The van der Waals surface area contributed by atoms with E-state index in [4.69, 9.17) is 4.74 Å². The van der Waals surface area contributed by atoms with Crippen molar-refractivity contribution in [1.82, 2.24) is 0 Å². The molecule has 2 aromatic carbocycles. The van der Waals surface area contributed by atoms with Gasteiger partial charge in [-0.15, -0.1) is 0 Å². The van der Waals surface area contributed by atoms with E-state index in [1.54, 1.807) is 0 Å². The van der Waals surface area contributed by atoms with Gasteiger partial charge >= 0.3 is 0 Å². The van der Waals surface area contributed by atoms with Gasteiger partial charge in [-0.1, -0.05) is 36.4 Å². The van der Waals surface area contributed by atoms with E-state index in [0.29, 0.717) is 0 Å². The van der Waals surface area contributed by atoms with Gasteiger partial charge in [-0.2, -0.15) is 0 Å². The summed E-state index contributed by atoms with van der Waals surface area (Å²) in [6.07, 6.45) is 6.34. The number of hydrogen-bond donors (Lipinski definition) is 0. The van der Waals surface area contributed by atoms with Gasteiger partial charge in [0.25, 0.3) is 0 Å². The van der Waals surface area contributed by atoms with E-state index in [-0.39, 0.29) is 0 Å². The van der Waals surface area contributed by atoms with Crippen LogP contribution >= 0.6 is 0 Å². The van der Waals surface area contributed by atoms with Crippen molar-refractivity contribution in [3.8, 4) is 11.5 Å². The summed E-state index contributed by atoms with van der Waals surface area (Å²) >= 11 is 0. The maximum atomic E-state index is 6.12. The molecule has 0 saturated heterocycles. The maximum absolute atomic E-state index is 6.12. The Balaban J connectivity index is 1.98. The highest BCUT2D eigenvalue weighted by Crippen LogP contribution is 2.40. The molecule has 0 fully saturated rings. The molecule has 2 heterocycles. The molecule has 0 bridgehead atoms. The van der Waals surface area contributed by atoms with Crippen molar-refractivity contribution < 1.29 is 9.30 Å². The molecule has 0 N–H and O–H groups in total. The molecule has 0 unspecified atom stereocenters. The van der Waals surface area contributed by atoms with Crippen molar-refractivity contribution in [3.63, 3.8) is 0 Å². The van der Waals surface area contributed by atoms with Crippen molar-refractivity contribution in [1.29, 1.82) is 0 Å². The van der Waals surface area contributed by atoms with Gasteiger partial charge in [0.05, 0.1) is 0 Å². The lowest BCUT2D eigenvalue weighted by atomic mass is 9.96. The third-order valence-electron chi connectivity index (χ3n) is 3.91. The highest BCUT2D eigenvalue weighted by molar-refractivity contribution is 5.95. The number of para-hydroxylation sites is 2. The molecule has 0 radical (unpaired) electrons. The Morgan fingerprint density at radius 2 is 1.45 bits per heavy atom. The van der Waals surface area contributed by atoms with Crippen LogP contribution in [0, 0.1) is 0 Å². The van der Waals surface area contributed by atoms with E-state index in [9.17, 15) is 0 Å².